The molecule has 4 nitrogen and oxygen atoms in total. The Bertz CT molecular complexity index is 523. The predicted molar refractivity (Wildman–Crippen MR) is 83.7 cm³/mol. The molecule has 0 aliphatic carbocycles. The first-order valence-electron chi connectivity index (χ1n) is 7.22. The van der Waals surface area contributed by atoms with E-state index in [0.717, 1.165) is 23.6 Å². The van der Waals surface area contributed by atoms with E-state index in [1.54, 1.807) is 6.08 Å². The largest absolute Gasteiger partial charge is 0.478 e. The highest BCUT2D eigenvalue weighted by Crippen LogP contribution is 2.16. The lowest BCUT2D eigenvalue weighted by molar-refractivity contribution is -0.131. The minimum absolute atomic E-state index is 0.0448. The molecule has 2 atom stereocenters. The van der Waals surface area contributed by atoms with Gasteiger partial charge in [-0.1, -0.05) is 38.5 Å². The second kappa shape index (κ2) is 8.25. The molecule has 1 rings (SSSR count). The number of carbonyl (C=O) groups is 2. The standard InChI is InChI=1S/C17H23NO3/c1-4-12(2)10-16(19)18-13(3)15-7-5-6-14(11-15)8-9-17(20)21/h5-9,11-13H,4,10H2,1-3H3,(H,18,19)(H,20,21)/b9-8+. The highest BCUT2D eigenvalue weighted by molar-refractivity contribution is 5.85. The molecule has 0 aliphatic heterocycles. The third-order valence-corrected chi connectivity index (χ3v) is 3.44. The van der Waals surface area contributed by atoms with Gasteiger partial charge in [-0.3, -0.25) is 4.79 Å². The molecule has 0 bridgehead atoms. The van der Waals surface area contributed by atoms with Gasteiger partial charge in [0, 0.05) is 12.5 Å². The van der Waals surface area contributed by atoms with Crippen molar-refractivity contribution in [3.8, 4) is 0 Å². The lowest BCUT2D eigenvalue weighted by Gasteiger charge is -2.16. The van der Waals surface area contributed by atoms with Crippen LogP contribution in [0.4, 0.5) is 0 Å². The molecular formula is C17H23NO3. The van der Waals surface area contributed by atoms with Crippen molar-refractivity contribution in [3.05, 3.63) is 41.5 Å². The van der Waals surface area contributed by atoms with Crippen molar-refractivity contribution in [2.45, 2.75) is 39.7 Å². The van der Waals surface area contributed by atoms with E-state index in [2.05, 4.69) is 19.2 Å². The van der Waals surface area contributed by atoms with Crippen LogP contribution in [0.1, 0.15) is 50.8 Å². The Morgan fingerprint density at radius 3 is 2.67 bits per heavy atom. The van der Waals surface area contributed by atoms with Gasteiger partial charge in [0.25, 0.3) is 0 Å². The molecule has 2 N–H and O–H groups in total. The Morgan fingerprint density at radius 1 is 1.33 bits per heavy atom. The zero-order valence-corrected chi connectivity index (χ0v) is 12.8. The molecule has 4 heteroatoms. The number of carboxylic acids is 1. The quantitative estimate of drug-likeness (QED) is 0.756. The van der Waals surface area contributed by atoms with Crippen molar-refractivity contribution in [3.63, 3.8) is 0 Å². The first kappa shape index (κ1) is 17.0. The highest BCUT2D eigenvalue weighted by atomic mass is 16.4. The van der Waals surface area contributed by atoms with Gasteiger partial charge in [-0.15, -0.1) is 0 Å². The summed E-state index contributed by atoms with van der Waals surface area (Å²) in [5.41, 5.74) is 1.76. The molecule has 1 aromatic carbocycles. The minimum Gasteiger partial charge on any atom is -0.478 e. The summed E-state index contributed by atoms with van der Waals surface area (Å²) in [5, 5.41) is 11.6. The molecule has 0 aromatic heterocycles. The van der Waals surface area contributed by atoms with Crippen LogP contribution in [-0.4, -0.2) is 17.0 Å². The van der Waals surface area contributed by atoms with Crippen molar-refractivity contribution >= 4 is 18.0 Å². The lowest BCUT2D eigenvalue weighted by Crippen LogP contribution is -2.27. The van der Waals surface area contributed by atoms with Crippen LogP contribution in [0.25, 0.3) is 6.08 Å². The van der Waals surface area contributed by atoms with Crippen molar-refractivity contribution in [1.82, 2.24) is 5.32 Å². The average Bonchev–Trinajstić information content (AvgIpc) is 2.45. The van der Waals surface area contributed by atoms with E-state index in [1.807, 2.05) is 31.2 Å². The van der Waals surface area contributed by atoms with Gasteiger partial charge in [0.15, 0.2) is 0 Å². The Labute approximate surface area is 125 Å². The van der Waals surface area contributed by atoms with E-state index in [9.17, 15) is 9.59 Å². The lowest BCUT2D eigenvalue weighted by atomic mass is 10.0. The number of benzene rings is 1. The predicted octanol–water partition coefficient (Wildman–Crippen LogP) is 3.40. The maximum absolute atomic E-state index is 11.9. The van der Waals surface area contributed by atoms with E-state index in [-0.39, 0.29) is 11.9 Å². The fraction of sp³-hybridized carbons (Fsp3) is 0.412. The van der Waals surface area contributed by atoms with Crippen LogP contribution in [0.5, 0.6) is 0 Å². The number of aliphatic carboxylic acids is 1. The minimum atomic E-state index is -0.977. The molecule has 0 aliphatic rings. The molecule has 0 radical (unpaired) electrons. The normalized spacial score (nSPS) is 13.9. The molecule has 114 valence electrons. The monoisotopic (exact) mass is 289 g/mol. The number of rotatable bonds is 7. The molecule has 0 fully saturated rings. The third-order valence-electron chi connectivity index (χ3n) is 3.44. The summed E-state index contributed by atoms with van der Waals surface area (Å²) in [6.45, 7) is 6.05. The van der Waals surface area contributed by atoms with E-state index >= 15 is 0 Å². The molecule has 1 amide bonds. The van der Waals surface area contributed by atoms with Gasteiger partial charge >= 0.3 is 5.97 Å². The summed E-state index contributed by atoms with van der Waals surface area (Å²) < 4.78 is 0. The maximum atomic E-state index is 11.9. The summed E-state index contributed by atoms with van der Waals surface area (Å²) in [6.07, 6.45) is 4.15. The fourth-order valence-electron chi connectivity index (χ4n) is 1.94. The molecule has 1 aromatic rings. The second-order valence-corrected chi connectivity index (χ2v) is 5.35. The topological polar surface area (TPSA) is 66.4 Å². The molecule has 0 spiro atoms. The van der Waals surface area contributed by atoms with Gasteiger partial charge in [-0.25, -0.2) is 4.79 Å². The zero-order valence-electron chi connectivity index (χ0n) is 12.8. The van der Waals surface area contributed by atoms with Crippen LogP contribution in [0.15, 0.2) is 30.3 Å². The maximum Gasteiger partial charge on any atom is 0.328 e. The first-order valence-corrected chi connectivity index (χ1v) is 7.22. The first-order chi connectivity index (χ1) is 9.92. The Morgan fingerprint density at radius 2 is 2.05 bits per heavy atom. The summed E-state index contributed by atoms with van der Waals surface area (Å²) in [5.74, 6) is -0.555. The van der Waals surface area contributed by atoms with Gasteiger partial charge < -0.3 is 10.4 Å². The zero-order chi connectivity index (χ0) is 15.8. The number of hydrogen-bond acceptors (Lipinski definition) is 2. The smallest absolute Gasteiger partial charge is 0.328 e. The second-order valence-electron chi connectivity index (χ2n) is 5.35. The van der Waals surface area contributed by atoms with E-state index in [4.69, 9.17) is 5.11 Å². The summed E-state index contributed by atoms with van der Waals surface area (Å²) in [6, 6.07) is 7.39. The average molecular weight is 289 g/mol. The molecule has 2 unspecified atom stereocenters. The van der Waals surface area contributed by atoms with Crippen LogP contribution >= 0.6 is 0 Å². The van der Waals surface area contributed by atoms with Crippen molar-refractivity contribution in [1.29, 1.82) is 0 Å². The van der Waals surface area contributed by atoms with E-state index < -0.39 is 5.97 Å². The third kappa shape index (κ3) is 6.25. The number of amides is 1. The van der Waals surface area contributed by atoms with Gasteiger partial charge in [0.05, 0.1) is 6.04 Å². The SMILES string of the molecule is CCC(C)CC(=O)NC(C)c1cccc(/C=C/C(=O)O)c1. The van der Waals surface area contributed by atoms with Gasteiger partial charge in [0.2, 0.25) is 5.91 Å². The van der Waals surface area contributed by atoms with Crippen LogP contribution in [0.3, 0.4) is 0 Å². The molecule has 0 saturated carbocycles. The summed E-state index contributed by atoms with van der Waals surface area (Å²) in [7, 11) is 0. The van der Waals surface area contributed by atoms with Crippen molar-refractivity contribution < 1.29 is 14.7 Å². The number of hydrogen-bond donors (Lipinski definition) is 2. The van der Waals surface area contributed by atoms with E-state index in [1.165, 1.54) is 0 Å². The van der Waals surface area contributed by atoms with Crippen LogP contribution in [-0.2, 0) is 9.59 Å². The van der Waals surface area contributed by atoms with Crippen LogP contribution in [0, 0.1) is 5.92 Å². The Balaban J connectivity index is 2.70. The van der Waals surface area contributed by atoms with Gasteiger partial charge in [-0.05, 0) is 36.1 Å². The highest BCUT2D eigenvalue weighted by Gasteiger charge is 2.12. The van der Waals surface area contributed by atoms with Crippen LogP contribution < -0.4 is 5.32 Å². The number of carboxylic acid groups (broad SMARTS) is 1. The fourth-order valence-corrected chi connectivity index (χ4v) is 1.94. The summed E-state index contributed by atoms with van der Waals surface area (Å²) >= 11 is 0. The Hall–Kier alpha value is -2.10. The van der Waals surface area contributed by atoms with E-state index in [0.29, 0.717) is 12.3 Å². The number of nitrogens with one attached hydrogen (secondary N) is 1. The molecule has 0 heterocycles. The Kier molecular flexibility index (Phi) is 6.66. The molecule has 0 saturated heterocycles. The summed E-state index contributed by atoms with van der Waals surface area (Å²) in [4.78, 5) is 22.4. The van der Waals surface area contributed by atoms with Gasteiger partial charge in [0.1, 0.15) is 0 Å². The van der Waals surface area contributed by atoms with Crippen molar-refractivity contribution in [2.24, 2.45) is 5.92 Å². The van der Waals surface area contributed by atoms with Crippen molar-refractivity contribution in [2.75, 3.05) is 0 Å². The molecule has 21 heavy (non-hydrogen) atoms. The molecular weight excluding hydrogens is 266 g/mol. The number of carbonyl (C=O) groups excluding carboxylic acids is 1. The van der Waals surface area contributed by atoms with Gasteiger partial charge in [-0.2, -0.15) is 0 Å². The van der Waals surface area contributed by atoms with Crippen LogP contribution in [0.2, 0.25) is 0 Å².